The molecule has 2 aliphatic rings. The maximum absolute atomic E-state index is 14.1. The minimum Gasteiger partial charge on any atom is -0.491 e. The van der Waals surface area contributed by atoms with Gasteiger partial charge >= 0.3 is 0 Å². The zero-order valence-electron chi connectivity index (χ0n) is 17.4. The SMILES string of the molecule is COc1c(F)cc(N2CCN(C(=O)CNc3ccc4c(c3)CC(=O)N4)C[C@H]2C)cc1F. The predicted molar refractivity (Wildman–Crippen MR) is 114 cm³/mol. The lowest BCUT2D eigenvalue weighted by Crippen LogP contribution is -2.54. The van der Waals surface area contributed by atoms with Crippen LogP contribution in [0.3, 0.4) is 0 Å². The molecule has 2 aliphatic heterocycles. The van der Waals surface area contributed by atoms with Crippen molar-refractivity contribution in [2.75, 3.05) is 48.8 Å². The molecule has 31 heavy (non-hydrogen) atoms. The summed E-state index contributed by atoms with van der Waals surface area (Å²) in [7, 11) is 1.22. The summed E-state index contributed by atoms with van der Waals surface area (Å²) in [6.45, 7) is 3.39. The molecule has 0 bridgehead atoms. The molecule has 2 aromatic carbocycles. The van der Waals surface area contributed by atoms with Crippen molar-refractivity contribution in [3.63, 3.8) is 0 Å². The van der Waals surface area contributed by atoms with E-state index in [1.165, 1.54) is 19.2 Å². The third-order valence-electron chi connectivity index (χ3n) is 5.67. The Morgan fingerprint density at radius 3 is 2.65 bits per heavy atom. The van der Waals surface area contributed by atoms with Gasteiger partial charge in [-0.1, -0.05) is 0 Å². The van der Waals surface area contributed by atoms with E-state index in [0.29, 0.717) is 31.7 Å². The number of hydrogen-bond acceptors (Lipinski definition) is 5. The number of piperazine rings is 1. The molecule has 2 amide bonds. The number of fused-ring (bicyclic) bond motifs is 1. The molecule has 0 saturated carbocycles. The van der Waals surface area contributed by atoms with Gasteiger partial charge in [0.05, 0.1) is 20.1 Å². The summed E-state index contributed by atoms with van der Waals surface area (Å²) < 4.78 is 32.9. The van der Waals surface area contributed by atoms with Crippen molar-refractivity contribution in [1.29, 1.82) is 0 Å². The highest BCUT2D eigenvalue weighted by molar-refractivity contribution is 5.99. The maximum atomic E-state index is 14.1. The molecule has 0 radical (unpaired) electrons. The number of rotatable bonds is 5. The van der Waals surface area contributed by atoms with E-state index in [1.807, 2.05) is 30.0 Å². The van der Waals surface area contributed by atoms with E-state index in [1.54, 1.807) is 4.90 Å². The molecule has 1 saturated heterocycles. The van der Waals surface area contributed by atoms with Gasteiger partial charge in [0.1, 0.15) is 0 Å². The van der Waals surface area contributed by atoms with Gasteiger partial charge in [0.25, 0.3) is 0 Å². The fourth-order valence-electron chi connectivity index (χ4n) is 4.10. The Bertz CT molecular complexity index is 1010. The molecule has 164 valence electrons. The fourth-order valence-corrected chi connectivity index (χ4v) is 4.10. The Kier molecular flexibility index (Phi) is 5.67. The highest BCUT2D eigenvalue weighted by atomic mass is 19.1. The molecule has 2 heterocycles. The minimum atomic E-state index is -0.751. The van der Waals surface area contributed by atoms with E-state index in [-0.39, 0.29) is 24.4 Å². The highest BCUT2D eigenvalue weighted by Gasteiger charge is 2.28. The van der Waals surface area contributed by atoms with Crippen LogP contribution >= 0.6 is 0 Å². The smallest absolute Gasteiger partial charge is 0.242 e. The Balaban J connectivity index is 1.35. The summed E-state index contributed by atoms with van der Waals surface area (Å²) in [5, 5.41) is 5.89. The van der Waals surface area contributed by atoms with Crippen LogP contribution in [-0.4, -0.2) is 56.0 Å². The quantitative estimate of drug-likeness (QED) is 0.763. The third-order valence-corrected chi connectivity index (χ3v) is 5.67. The molecule has 1 atom stereocenters. The van der Waals surface area contributed by atoms with Crippen LogP contribution in [0.5, 0.6) is 5.75 Å². The first-order chi connectivity index (χ1) is 14.9. The van der Waals surface area contributed by atoms with E-state index >= 15 is 0 Å². The molecule has 2 aromatic rings. The fraction of sp³-hybridized carbons (Fsp3) is 0.364. The van der Waals surface area contributed by atoms with Crippen LogP contribution in [-0.2, 0) is 16.0 Å². The van der Waals surface area contributed by atoms with Crippen molar-refractivity contribution in [3.05, 3.63) is 47.5 Å². The lowest BCUT2D eigenvalue weighted by atomic mass is 10.1. The van der Waals surface area contributed by atoms with Crippen LogP contribution in [0.4, 0.5) is 25.8 Å². The zero-order chi connectivity index (χ0) is 22.1. The van der Waals surface area contributed by atoms with Crippen LogP contribution < -0.4 is 20.3 Å². The maximum Gasteiger partial charge on any atom is 0.242 e. The number of amides is 2. The summed E-state index contributed by atoms with van der Waals surface area (Å²) in [4.78, 5) is 27.8. The Hall–Kier alpha value is -3.36. The van der Waals surface area contributed by atoms with Crippen molar-refractivity contribution in [3.8, 4) is 5.75 Å². The molecule has 0 aromatic heterocycles. The van der Waals surface area contributed by atoms with E-state index in [4.69, 9.17) is 4.74 Å². The van der Waals surface area contributed by atoms with Gasteiger partial charge in [-0.15, -0.1) is 0 Å². The third kappa shape index (κ3) is 4.26. The second-order valence-electron chi connectivity index (χ2n) is 7.78. The zero-order valence-corrected chi connectivity index (χ0v) is 17.4. The number of ether oxygens (including phenoxy) is 1. The number of carbonyl (C=O) groups is 2. The number of carbonyl (C=O) groups excluding carboxylic acids is 2. The van der Waals surface area contributed by atoms with Crippen LogP contribution in [0.15, 0.2) is 30.3 Å². The normalized spacial score (nSPS) is 17.9. The highest BCUT2D eigenvalue weighted by Crippen LogP contribution is 2.30. The number of hydrogen-bond donors (Lipinski definition) is 2. The second kappa shape index (κ2) is 8.41. The average molecular weight is 430 g/mol. The summed E-state index contributed by atoms with van der Waals surface area (Å²) in [5.74, 6) is -2.00. The summed E-state index contributed by atoms with van der Waals surface area (Å²) in [6, 6.07) is 7.91. The van der Waals surface area contributed by atoms with E-state index < -0.39 is 17.4 Å². The first kappa shape index (κ1) is 20.9. The molecule has 0 spiro atoms. The average Bonchev–Trinajstić information content (AvgIpc) is 3.10. The van der Waals surface area contributed by atoms with Crippen LogP contribution in [0.1, 0.15) is 12.5 Å². The van der Waals surface area contributed by atoms with Gasteiger partial charge in [-0.05, 0) is 30.7 Å². The monoisotopic (exact) mass is 430 g/mol. The Morgan fingerprint density at radius 1 is 1.23 bits per heavy atom. The molecular weight excluding hydrogens is 406 g/mol. The molecule has 0 unspecified atom stereocenters. The number of anilines is 3. The van der Waals surface area contributed by atoms with E-state index in [2.05, 4.69) is 10.6 Å². The van der Waals surface area contributed by atoms with Gasteiger partial charge in [-0.3, -0.25) is 9.59 Å². The molecule has 2 N–H and O–H groups in total. The molecule has 9 heteroatoms. The van der Waals surface area contributed by atoms with E-state index in [9.17, 15) is 18.4 Å². The van der Waals surface area contributed by atoms with Crippen LogP contribution in [0, 0.1) is 11.6 Å². The summed E-state index contributed by atoms with van der Waals surface area (Å²) in [6.07, 6.45) is 0.338. The molecule has 1 fully saturated rings. The second-order valence-corrected chi connectivity index (χ2v) is 7.78. The number of methoxy groups -OCH3 is 1. The minimum absolute atomic E-state index is 0.0355. The molecule has 4 rings (SSSR count). The van der Waals surface area contributed by atoms with Gasteiger partial charge in [0.2, 0.25) is 11.8 Å². The summed E-state index contributed by atoms with van der Waals surface area (Å²) in [5.41, 5.74) is 2.91. The van der Waals surface area contributed by atoms with Gasteiger partial charge in [-0.25, -0.2) is 8.78 Å². The first-order valence-electron chi connectivity index (χ1n) is 10.1. The largest absolute Gasteiger partial charge is 0.491 e. The number of nitrogens with one attached hydrogen (secondary N) is 2. The number of benzene rings is 2. The van der Waals surface area contributed by atoms with Gasteiger partial charge in [-0.2, -0.15) is 0 Å². The van der Waals surface area contributed by atoms with Gasteiger partial charge in [0.15, 0.2) is 17.4 Å². The van der Waals surface area contributed by atoms with Crippen molar-refractivity contribution in [2.24, 2.45) is 0 Å². The molecule has 7 nitrogen and oxygen atoms in total. The molecular formula is C22H24F2N4O3. The van der Waals surface area contributed by atoms with Gasteiger partial charge < -0.3 is 25.2 Å². The topological polar surface area (TPSA) is 73.9 Å². The first-order valence-corrected chi connectivity index (χ1v) is 10.1. The van der Waals surface area contributed by atoms with Crippen molar-refractivity contribution < 1.29 is 23.1 Å². The number of halogens is 2. The van der Waals surface area contributed by atoms with Crippen molar-refractivity contribution in [2.45, 2.75) is 19.4 Å². The lowest BCUT2D eigenvalue weighted by Gasteiger charge is -2.41. The lowest BCUT2D eigenvalue weighted by molar-refractivity contribution is -0.130. The Morgan fingerprint density at radius 2 is 1.97 bits per heavy atom. The van der Waals surface area contributed by atoms with Crippen molar-refractivity contribution >= 4 is 28.9 Å². The standard InChI is InChI=1S/C22H24F2N4O3/c1-13-12-27(5-6-28(13)16-9-17(23)22(31-2)18(24)10-16)21(30)11-25-15-3-4-19-14(7-15)8-20(29)26-19/h3-4,7,9-10,13,25H,5-6,8,11-12H2,1-2H3,(H,26,29)/t13-/m1/s1. The van der Waals surface area contributed by atoms with Crippen molar-refractivity contribution in [1.82, 2.24) is 4.90 Å². The Labute approximate surface area is 179 Å². The van der Waals surface area contributed by atoms with E-state index in [0.717, 1.165) is 16.9 Å². The predicted octanol–water partition coefficient (Wildman–Crippen LogP) is 2.62. The van der Waals surface area contributed by atoms with Crippen LogP contribution in [0.2, 0.25) is 0 Å². The molecule has 0 aliphatic carbocycles. The van der Waals surface area contributed by atoms with Gasteiger partial charge in [0, 0.05) is 54.9 Å². The number of nitrogens with zero attached hydrogens (tertiary/aromatic N) is 2. The van der Waals surface area contributed by atoms with Crippen LogP contribution in [0.25, 0.3) is 0 Å². The summed E-state index contributed by atoms with van der Waals surface area (Å²) >= 11 is 0.